The fourth-order valence-electron chi connectivity index (χ4n) is 2.25. The molecule has 8 heteroatoms. The van der Waals surface area contributed by atoms with Crippen molar-refractivity contribution < 1.29 is 14.3 Å². The molecule has 0 radical (unpaired) electrons. The van der Waals surface area contributed by atoms with Gasteiger partial charge in [0.25, 0.3) is 5.56 Å². The highest BCUT2D eigenvalue weighted by Gasteiger charge is 2.12. The molecule has 24 heavy (non-hydrogen) atoms. The van der Waals surface area contributed by atoms with Crippen LogP contribution in [0.1, 0.15) is 30.1 Å². The van der Waals surface area contributed by atoms with Crippen molar-refractivity contribution in [2.45, 2.75) is 26.3 Å². The van der Waals surface area contributed by atoms with E-state index in [-0.39, 0.29) is 22.8 Å². The molecule has 0 unspecified atom stereocenters. The second kappa shape index (κ2) is 7.87. The minimum Gasteiger partial charge on any atom is -0.465 e. The number of fused-ring (bicyclic) bond motifs is 1. The van der Waals surface area contributed by atoms with E-state index in [4.69, 9.17) is 12.2 Å². The Bertz CT molecular complexity index is 885. The van der Waals surface area contributed by atoms with Crippen molar-refractivity contribution in [1.29, 1.82) is 0 Å². The number of aromatic nitrogens is 2. The van der Waals surface area contributed by atoms with E-state index < -0.39 is 5.97 Å². The van der Waals surface area contributed by atoms with E-state index in [0.717, 1.165) is 12.8 Å². The fourth-order valence-corrected chi connectivity index (χ4v) is 2.50. The molecule has 0 aliphatic heterocycles. The summed E-state index contributed by atoms with van der Waals surface area (Å²) in [6.45, 7) is 2.45. The van der Waals surface area contributed by atoms with Crippen LogP contribution in [0.3, 0.4) is 0 Å². The lowest BCUT2D eigenvalue weighted by atomic mass is 10.1. The predicted octanol–water partition coefficient (Wildman–Crippen LogP) is 1.76. The lowest BCUT2D eigenvalue weighted by Gasteiger charge is -2.09. The third-order valence-corrected chi connectivity index (χ3v) is 3.88. The zero-order chi connectivity index (χ0) is 17.7. The number of rotatable bonds is 6. The van der Waals surface area contributed by atoms with Gasteiger partial charge in [-0.05, 0) is 36.8 Å². The highest BCUT2D eigenvalue weighted by Crippen LogP contribution is 2.11. The van der Waals surface area contributed by atoms with Gasteiger partial charge in [0.15, 0.2) is 4.77 Å². The highest BCUT2D eigenvalue weighted by molar-refractivity contribution is 7.71. The van der Waals surface area contributed by atoms with E-state index in [1.807, 2.05) is 6.92 Å². The molecule has 1 aromatic carbocycles. The lowest BCUT2D eigenvalue weighted by Crippen LogP contribution is -2.33. The Morgan fingerprint density at radius 3 is 2.79 bits per heavy atom. The Kier molecular flexibility index (Phi) is 5.86. The van der Waals surface area contributed by atoms with E-state index in [1.54, 1.807) is 0 Å². The van der Waals surface area contributed by atoms with Gasteiger partial charge in [-0.15, -0.1) is 0 Å². The minimum absolute atomic E-state index is 0.125. The molecule has 0 fully saturated rings. The number of ether oxygens (including phenoxy) is 1. The van der Waals surface area contributed by atoms with Gasteiger partial charge in [0.1, 0.15) is 6.54 Å². The molecule has 0 saturated carbocycles. The number of nitrogens with zero attached hydrogens (tertiary/aromatic N) is 1. The molecule has 0 bridgehead atoms. The van der Waals surface area contributed by atoms with Crippen molar-refractivity contribution in [2.24, 2.45) is 0 Å². The standard InChI is InChI=1S/C16H19N3O4S/c1-3-4-7-17-13(20)9-19-14(21)11-6-5-10(15(22)23-2)8-12(11)18-16(19)24/h5-6,8H,3-4,7,9H2,1-2H3,(H,17,20)(H,18,24). The summed E-state index contributed by atoms with van der Waals surface area (Å²) in [6.07, 6.45) is 1.85. The summed E-state index contributed by atoms with van der Waals surface area (Å²) in [5, 5.41) is 3.09. The van der Waals surface area contributed by atoms with Crippen LogP contribution in [-0.4, -0.2) is 35.1 Å². The van der Waals surface area contributed by atoms with Crippen LogP contribution in [0.2, 0.25) is 0 Å². The van der Waals surface area contributed by atoms with Crippen molar-refractivity contribution in [3.8, 4) is 0 Å². The van der Waals surface area contributed by atoms with Crippen LogP contribution in [0, 0.1) is 4.77 Å². The summed E-state index contributed by atoms with van der Waals surface area (Å²) in [6, 6.07) is 4.52. The number of H-pyrrole nitrogens is 1. The first kappa shape index (κ1) is 17.9. The summed E-state index contributed by atoms with van der Waals surface area (Å²) >= 11 is 5.17. The number of methoxy groups -OCH3 is 1. The highest BCUT2D eigenvalue weighted by atomic mass is 32.1. The smallest absolute Gasteiger partial charge is 0.337 e. The van der Waals surface area contributed by atoms with Crippen molar-refractivity contribution in [3.05, 3.63) is 38.9 Å². The van der Waals surface area contributed by atoms with Gasteiger partial charge in [0.05, 0.1) is 23.6 Å². The first-order valence-electron chi connectivity index (χ1n) is 7.59. The lowest BCUT2D eigenvalue weighted by molar-refractivity contribution is -0.121. The van der Waals surface area contributed by atoms with Gasteiger partial charge < -0.3 is 15.0 Å². The predicted molar refractivity (Wildman–Crippen MR) is 92.6 cm³/mol. The molecule has 128 valence electrons. The number of hydrogen-bond acceptors (Lipinski definition) is 5. The van der Waals surface area contributed by atoms with Gasteiger partial charge in [-0.3, -0.25) is 14.2 Å². The summed E-state index contributed by atoms with van der Waals surface area (Å²) in [4.78, 5) is 38.9. The Hall–Kier alpha value is -2.48. The number of benzene rings is 1. The number of carbonyl (C=O) groups is 2. The van der Waals surface area contributed by atoms with E-state index in [1.165, 1.54) is 29.9 Å². The van der Waals surface area contributed by atoms with Gasteiger partial charge >= 0.3 is 5.97 Å². The number of nitrogens with one attached hydrogen (secondary N) is 2. The Labute approximate surface area is 143 Å². The third kappa shape index (κ3) is 3.88. The zero-order valence-corrected chi connectivity index (χ0v) is 14.4. The Morgan fingerprint density at radius 2 is 2.12 bits per heavy atom. The van der Waals surface area contributed by atoms with Crippen LogP contribution in [0.25, 0.3) is 10.9 Å². The molecule has 0 atom stereocenters. The van der Waals surface area contributed by atoms with E-state index in [9.17, 15) is 14.4 Å². The van der Waals surface area contributed by atoms with Crippen molar-refractivity contribution >= 4 is 35.0 Å². The molecule has 1 heterocycles. The van der Waals surface area contributed by atoms with Gasteiger partial charge in [-0.25, -0.2) is 4.79 Å². The van der Waals surface area contributed by atoms with E-state index in [2.05, 4.69) is 15.0 Å². The maximum absolute atomic E-state index is 12.5. The van der Waals surface area contributed by atoms with Crippen LogP contribution in [-0.2, 0) is 16.1 Å². The molecular formula is C16H19N3O4S. The zero-order valence-electron chi connectivity index (χ0n) is 13.5. The Morgan fingerprint density at radius 1 is 1.38 bits per heavy atom. The van der Waals surface area contributed by atoms with E-state index in [0.29, 0.717) is 23.0 Å². The van der Waals surface area contributed by atoms with Gasteiger partial charge in [0, 0.05) is 6.54 Å². The maximum Gasteiger partial charge on any atom is 0.337 e. The van der Waals surface area contributed by atoms with Crippen LogP contribution >= 0.6 is 12.2 Å². The second-order valence-electron chi connectivity index (χ2n) is 5.28. The molecule has 0 aliphatic rings. The first-order chi connectivity index (χ1) is 11.5. The number of hydrogen-bond donors (Lipinski definition) is 2. The molecule has 7 nitrogen and oxygen atoms in total. The average Bonchev–Trinajstić information content (AvgIpc) is 2.57. The Balaban J connectivity index is 2.36. The van der Waals surface area contributed by atoms with Crippen molar-refractivity contribution in [2.75, 3.05) is 13.7 Å². The van der Waals surface area contributed by atoms with Gasteiger partial charge in [-0.2, -0.15) is 0 Å². The minimum atomic E-state index is -0.504. The number of unbranched alkanes of at least 4 members (excludes halogenated alkanes) is 1. The van der Waals surface area contributed by atoms with Crippen LogP contribution in [0.5, 0.6) is 0 Å². The maximum atomic E-state index is 12.5. The average molecular weight is 349 g/mol. The van der Waals surface area contributed by atoms with Crippen molar-refractivity contribution in [3.63, 3.8) is 0 Å². The van der Waals surface area contributed by atoms with Crippen LogP contribution in [0.15, 0.2) is 23.0 Å². The van der Waals surface area contributed by atoms with Crippen LogP contribution < -0.4 is 10.9 Å². The molecule has 0 spiro atoms. The molecular weight excluding hydrogens is 330 g/mol. The SMILES string of the molecule is CCCCNC(=O)Cn1c(=S)[nH]c2cc(C(=O)OC)ccc2c1=O. The van der Waals surface area contributed by atoms with Gasteiger partial charge in [-0.1, -0.05) is 13.3 Å². The molecule has 1 aromatic heterocycles. The molecule has 2 aromatic rings. The normalized spacial score (nSPS) is 10.6. The second-order valence-corrected chi connectivity index (χ2v) is 5.66. The topological polar surface area (TPSA) is 93.2 Å². The van der Waals surface area contributed by atoms with E-state index >= 15 is 0 Å². The largest absolute Gasteiger partial charge is 0.465 e. The molecule has 2 N–H and O–H groups in total. The molecule has 0 aliphatic carbocycles. The fraction of sp³-hybridized carbons (Fsp3) is 0.375. The summed E-state index contributed by atoms with van der Waals surface area (Å²) in [5.74, 6) is -0.772. The summed E-state index contributed by atoms with van der Waals surface area (Å²) < 4.78 is 5.98. The van der Waals surface area contributed by atoms with Crippen LogP contribution in [0.4, 0.5) is 0 Å². The molecule has 0 saturated heterocycles. The van der Waals surface area contributed by atoms with Gasteiger partial charge in [0.2, 0.25) is 5.91 Å². The molecule has 1 amide bonds. The summed E-state index contributed by atoms with van der Waals surface area (Å²) in [5.41, 5.74) is 0.358. The van der Waals surface area contributed by atoms with Crippen molar-refractivity contribution in [1.82, 2.24) is 14.9 Å². The number of carbonyl (C=O) groups excluding carboxylic acids is 2. The number of aromatic amines is 1. The number of esters is 1. The third-order valence-electron chi connectivity index (χ3n) is 3.56. The quantitative estimate of drug-likeness (QED) is 0.471. The number of amides is 1. The molecule has 2 rings (SSSR count). The summed E-state index contributed by atoms with van der Waals surface area (Å²) in [7, 11) is 1.28. The monoisotopic (exact) mass is 349 g/mol. The first-order valence-corrected chi connectivity index (χ1v) is 8.00.